The zero-order valence-corrected chi connectivity index (χ0v) is 20.3. The number of fused-ring (bicyclic) bond motifs is 2. The summed E-state index contributed by atoms with van der Waals surface area (Å²) in [7, 11) is 0. The van der Waals surface area contributed by atoms with E-state index in [1.54, 1.807) is 0 Å². The number of aryl methyl sites for hydroxylation is 1. The molecular weight excluding hydrogens is 462 g/mol. The van der Waals surface area contributed by atoms with Gasteiger partial charge in [0.05, 0.1) is 5.56 Å². The van der Waals surface area contributed by atoms with E-state index in [9.17, 15) is 18.4 Å². The first kappa shape index (κ1) is 24.1. The van der Waals surface area contributed by atoms with Gasteiger partial charge in [-0.25, -0.2) is 13.6 Å². The van der Waals surface area contributed by atoms with Crippen molar-refractivity contribution in [2.24, 2.45) is 0 Å². The number of esters is 1. The van der Waals surface area contributed by atoms with Crippen molar-refractivity contribution in [1.82, 2.24) is 10.6 Å². The number of nitrogens with one attached hydrogen (secondary N) is 2. The maximum atomic E-state index is 14.3. The van der Waals surface area contributed by atoms with Gasteiger partial charge in [0.1, 0.15) is 5.60 Å². The average Bonchev–Trinajstić information content (AvgIpc) is 3.10. The van der Waals surface area contributed by atoms with Crippen molar-refractivity contribution in [3.8, 4) is 11.1 Å². The minimum absolute atomic E-state index is 0.0560. The van der Waals surface area contributed by atoms with E-state index < -0.39 is 23.2 Å². The number of carbonyl (C=O) groups is 2. The summed E-state index contributed by atoms with van der Waals surface area (Å²) in [5, 5.41) is 6.22. The van der Waals surface area contributed by atoms with Crippen molar-refractivity contribution in [2.75, 3.05) is 19.6 Å². The zero-order chi connectivity index (χ0) is 25.4. The number of halogens is 2. The van der Waals surface area contributed by atoms with Crippen molar-refractivity contribution >= 4 is 11.9 Å². The number of piperidine rings is 1. The summed E-state index contributed by atoms with van der Waals surface area (Å²) in [5.74, 6) is -2.96. The minimum atomic E-state index is -1.05. The van der Waals surface area contributed by atoms with Gasteiger partial charge in [-0.05, 0) is 59.8 Å². The summed E-state index contributed by atoms with van der Waals surface area (Å²) in [4.78, 5) is 24.0. The monoisotopic (exact) mass is 490 g/mol. The van der Waals surface area contributed by atoms with E-state index in [-0.39, 0.29) is 17.4 Å². The molecule has 7 heteroatoms. The van der Waals surface area contributed by atoms with Crippen LogP contribution in [0.1, 0.15) is 51.9 Å². The van der Waals surface area contributed by atoms with Crippen LogP contribution in [-0.4, -0.2) is 31.5 Å². The van der Waals surface area contributed by atoms with Crippen LogP contribution in [0.4, 0.5) is 8.78 Å². The standard InChI is InChI=1S/C29H28F2N2O3/c1-17-13-20(22-6-4-3-5-19(22)9-11-33-18(2)34)7-8-21(17)25-16-32-12-10-29(25)24-15-27(31)26(30)14-23(24)28(35)36-29/h3-8,13-15,25,32H,9-12,16H2,1-2H3,(H,33,34)/t25?,29-/m0/s1. The van der Waals surface area contributed by atoms with Gasteiger partial charge in [0, 0.05) is 37.9 Å². The van der Waals surface area contributed by atoms with Gasteiger partial charge < -0.3 is 15.4 Å². The molecule has 1 saturated heterocycles. The van der Waals surface area contributed by atoms with Crippen LogP contribution in [-0.2, 0) is 21.6 Å². The van der Waals surface area contributed by atoms with Gasteiger partial charge in [-0.3, -0.25) is 4.79 Å². The second-order valence-electron chi connectivity index (χ2n) is 9.56. The maximum Gasteiger partial charge on any atom is 0.339 e. The van der Waals surface area contributed by atoms with E-state index in [0.717, 1.165) is 39.9 Å². The lowest BCUT2D eigenvalue weighted by Gasteiger charge is -2.41. The fourth-order valence-corrected chi connectivity index (χ4v) is 5.63. The molecule has 0 bridgehead atoms. The van der Waals surface area contributed by atoms with Gasteiger partial charge in [-0.2, -0.15) is 0 Å². The van der Waals surface area contributed by atoms with Gasteiger partial charge in [0.25, 0.3) is 0 Å². The Morgan fingerprint density at radius 2 is 1.89 bits per heavy atom. The molecule has 2 heterocycles. The van der Waals surface area contributed by atoms with Crippen LogP contribution in [0, 0.1) is 18.6 Å². The van der Waals surface area contributed by atoms with E-state index in [1.807, 2.05) is 31.2 Å². The summed E-state index contributed by atoms with van der Waals surface area (Å²) in [5.41, 5.74) is 4.75. The molecule has 2 atom stereocenters. The Morgan fingerprint density at radius 1 is 1.11 bits per heavy atom. The van der Waals surface area contributed by atoms with Crippen LogP contribution >= 0.6 is 0 Å². The van der Waals surface area contributed by atoms with Crippen LogP contribution in [0.15, 0.2) is 54.6 Å². The van der Waals surface area contributed by atoms with Gasteiger partial charge in [-0.1, -0.05) is 42.5 Å². The van der Waals surface area contributed by atoms with Gasteiger partial charge in [-0.15, -0.1) is 0 Å². The lowest BCUT2D eigenvalue weighted by Crippen LogP contribution is -2.47. The van der Waals surface area contributed by atoms with Crippen LogP contribution in [0.5, 0.6) is 0 Å². The third kappa shape index (κ3) is 4.17. The second kappa shape index (κ2) is 9.47. The Kier molecular flexibility index (Phi) is 6.35. The SMILES string of the molecule is CC(=O)NCCc1ccccc1-c1ccc(C2CNCC[C@@]23OC(=O)c2cc(F)c(F)cc23)c(C)c1. The first-order valence-electron chi connectivity index (χ1n) is 12.2. The molecule has 5 nitrogen and oxygen atoms in total. The largest absolute Gasteiger partial charge is 0.450 e. The first-order chi connectivity index (χ1) is 17.3. The Hall–Kier alpha value is -3.58. The molecule has 186 valence electrons. The van der Waals surface area contributed by atoms with Gasteiger partial charge >= 0.3 is 5.97 Å². The molecule has 1 unspecified atom stereocenters. The topological polar surface area (TPSA) is 67.4 Å². The quantitative estimate of drug-likeness (QED) is 0.506. The number of hydrogen-bond acceptors (Lipinski definition) is 4. The van der Waals surface area contributed by atoms with E-state index in [2.05, 4.69) is 28.8 Å². The predicted molar refractivity (Wildman–Crippen MR) is 133 cm³/mol. The smallest absolute Gasteiger partial charge is 0.339 e. The van der Waals surface area contributed by atoms with Crippen LogP contribution in [0.3, 0.4) is 0 Å². The van der Waals surface area contributed by atoms with E-state index in [4.69, 9.17) is 4.74 Å². The highest BCUT2D eigenvalue weighted by molar-refractivity contribution is 5.95. The van der Waals surface area contributed by atoms with Crippen LogP contribution in [0.2, 0.25) is 0 Å². The highest BCUT2D eigenvalue weighted by Crippen LogP contribution is 2.51. The molecule has 0 saturated carbocycles. The Labute approximate surface area is 208 Å². The molecule has 36 heavy (non-hydrogen) atoms. The highest BCUT2D eigenvalue weighted by atomic mass is 19.2. The minimum Gasteiger partial charge on any atom is -0.450 e. The Bertz CT molecular complexity index is 1360. The number of hydrogen-bond donors (Lipinski definition) is 2. The molecular formula is C29H28F2N2O3. The third-order valence-electron chi connectivity index (χ3n) is 7.34. The molecule has 2 aliphatic rings. The fourth-order valence-electron chi connectivity index (χ4n) is 5.63. The first-order valence-corrected chi connectivity index (χ1v) is 12.2. The fraction of sp³-hybridized carbons (Fsp3) is 0.310. The number of rotatable bonds is 5. The molecule has 3 aromatic rings. The van der Waals surface area contributed by atoms with E-state index in [1.165, 1.54) is 6.92 Å². The molecule has 1 spiro atoms. The van der Waals surface area contributed by atoms with Crippen molar-refractivity contribution in [2.45, 2.75) is 38.2 Å². The average molecular weight is 491 g/mol. The molecule has 0 aliphatic carbocycles. The number of benzene rings is 3. The number of amides is 1. The summed E-state index contributed by atoms with van der Waals surface area (Å²) in [6.45, 7) is 5.22. The molecule has 1 amide bonds. The van der Waals surface area contributed by atoms with Crippen LogP contribution in [0.25, 0.3) is 11.1 Å². The molecule has 5 rings (SSSR count). The van der Waals surface area contributed by atoms with Crippen molar-refractivity contribution in [3.05, 3.63) is 94.0 Å². The van der Waals surface area contributed by atoms with Crippen LogP contribution < -0.4 is 10.6 Å². The zero-order valence-electron chi connectivity index (χ0n) is 20.3. The van der Waals surface area contributed by atoms with E-state index in [0.29, 0.717) is 38.0 Å². The molecule has 2 N–H and O–H groups in total. The lowest BCUT2D eigenvalue weighted by molar-refractivity contribution is -0.118. The van der Waals surface area contributed by atoms with Gasteiger partial charge in [0.2, 0.25) is 5.91 Å². The van der Waals surface area contributed by atoms with Crippen molar-refractivity contribution in [1.29, 1.82) is 0 Å². The molecule has 3 aromatic carbocycles. The predicted octanol–water partition coefficient (Wildman–Crippen LogP) is 4.76. The molecule has 0 radical (unpaired) electrons. The molecule has 1 fully saturated rings. The van der Waals surface area contributed by atoms with Crippen molar-refractivity contribution in [3.63, 3.8) is 0 Å². The third-order valence-corrected chi connectivity index (χ3v) is 7.34. The molecule has 0 aromatic heterocycles. The maximum absolute atomic E-state index is 14.3. The summed E-state index contributed by atoms with van der Waals surface area (Å²) in [6.07, 6.45) is 1.18. The molecule has 2 aliphatic heterocycles. The Morgan fingerprint density at radius 3 is 2.67 bits per heavy atom. The second-order valence-corrected chi connectivity index (χ2v) is 9.56. The summed E-state index contributed by atoms with van der Waals surface area (Å²) in [6, 6.07) is 16.4. The van der Waals surface area contributed by atoms with E-state index >= 15 is 0 Å². The lowest BCUT2D eigenvalue weighted by atomic mass is 9.72. The summed E-state index contributed by atoms with van der Waals surface area (Å²) >= 11 is 0. The Balaban J connectivity index is 1.52. The summed E-state index contributed by atoms with van der Waals surface area (Å²) < 4.78 is 34.1. The van der Waals surface area contributed by atoms with Gasteiger partial charge in [0.15, 0.2) is 11.6 Å². The number of ether oxygens (including phenoxy) is 1. The highest BCUT2D eigenvalue weighted by Gasteiger charge is 2.53. The normalized spacial score (nSPS) is 20.8. The van der Waals surface area contributed by atoms with Crippen molar-refractivity contribution < 1.29 is 23.1 Å². The number of carbonyl (C=O) groups excluding carboxylic acids is 2.